The molecule has 0 amide bonds. The largest absolute Gasteiger partial charge is 0.411 e. The van der Waals surface area contributed by atoms with Gasteiger partial charge in [-0.25, -0.2) is 0 Å². The van der Waals surface area contributed by atoms with Crippen LogP contribution in [-0.2, 0) is 0 Å². The van der Waals surface area contributed by atoms with Crippen LogP contribution in [0, 0.1) is 0 Å². The highest BCUT2D eigenvalue weighted by Gasteiger charge is 2.12. The highest BCUT2D eigenvalue weighted by molar-refractivity contribution is 6.42. The molecule has 1 aliphatic carbocycles. The molecule has 1 aliphatic rings. The average Bonchev–Trinajstić information content (AvgIpc) is 2.05. The Morgan fingerprint density at radius 3 is 1.50 bits per heavy atom. The molecule has 1 saturated carbocycles. The molecule has 0 radical (unpaired) electrons. The molecule has 68 valence electrons. The minimum Gasteiger partial charge on any atom is -0.411 e. The predicted octanol–water partition coefficient (Wildman–Crippen LogP) is 2.00. The third kappa shape index (κ3) is 2.22. The molecule has 0 unspecified atom stereocenters. The van der Waals surface area contributed by atoms with E-state index in [1.54, 1.807) is 0 Å². The molecule has 1 fully saturated rings. The van der Waals surface area contributed by atoms with Crippen LogP contribution in [0.15, 0.2) is 10.3 Å². The summed E-state index contributed by atoms with van der Waals surface area (Å²) >= 11 is 0. The van der Waals surface area contributed by atoms with Gasteiger partial charge in [0.1, 0.15) is 11.4 Å². The van der Waals surface area contributed by atoms with Gasteiger partial charge in [0.25, 0.3) is 0 Å². The van der Waals surface area contributed by atoms with Gasteiger partial charge in [0.05, 0.1) is 0 Å². The zero-order chi connectivity index (χ0) is 8.81. The van der Waals surface area contributed by atoms with Crippen molar-refractivity contribution in [2.24, 2.45) is 10.3 Å². The van der Waals surface area contributed by atoms with E-state index in [4.69, 9.17) is 10.4 Å². The molecule has 0 atom stereocenters. The van der Waals surface area contributed by atoms with Gasteiger partial charge < -0.3 is 10.4 Å². The lowest BCUT2D eigenvalue weighted by molar-refractivity contribution is 0.311. The quantitative estimate of drug-likeness (QED) is 0.431. The van der Waals surface area contributed by atoms with Crippen molar-refractivity contribution in [3.05, 3.63) is 0 Å². The minimum absolute atomic E-state index is 0.539. The van der Waals surface area contributed by atoms with Gasteiger partial charge in [-0.1, -0.05) is 23.2 Å². The highest BCUT2D eigenvalue weighted by atomic mass is 16.4. The Hall–Kier alpha value is -1.06. The van der Waals surface area contributed by atoms with Crippen molar-refractivity contribution < 1.29 is 10.4 Å². The van der Waals surface area contributed by atoms with Crippen molar-refractivity contribution in [1.82, 2.24) is 0 Å². The lowest BCUT2D eigenvalue weighted by Crippen LogP contribution is -2.16. The molecule has 12 heavy (non-hydrogen) atoms. The molecule has 0 aromatic carbocycles. The van der Waals surface area contributed by atoms with E-state index in [1.165, 1.54) is 0 Å². The van der Waals surface area contributed by atoms with E-state index < -0.39 is 0 Å². The first kappa shape index (κ1) is 9.03. The zero-order valence-corrected chi connectivity index (χ0v) is 7.03. The normalized spacial score (nSPS) is 27.0. The van der Waals surface area contributed by atoms with Gasteiger partial charge >= 0.3 is 0 Å². The monoisotopic (exact) mass is 170 g/mol. The third-order valence-corrected chi connectivity index (χ3v) is 2.15. The zero-order valence-electron chi connectivity index (χ0n) is 7.03. The Morgan fingerprint density at radius 2 is 1.17 bits per heavy atom. The molecule has 0 aromatic heterocycles. The first-order chi connectivity index (χ1) is 5.88. The summed E-state index contributed by atoms with van der Waals surface area (Å²) in [5.41, 5.74) is 1.08. The van der Waals surface area contributed by atoms with Gasteiger partial charge in [-0.05, 0) is 25.7 Å². The van der Waals surface area contributed by atoms with Crippen LogP contribution in [0.2, 0.25) is 0 Å². The predicted molar refractivity (Wildman–Crippen MR) is 46.1 cm³/mol. The second kappa shape index (κ2) is 4.74. The maximum absolute atomic E-state index is 8.61. The lowest BCUT2D eigenvalue weighted by atomic mass is 9.98. The average molecular weight is 170 g/mol. The SMILES string of the molecule is ON=C1CCCCCCC1=NO. The summed E-state index contributed by atoms with van der Waals surface area (Å²) < 4.78 is 0. The van der Waals surface area contributed by atoms with Crippen LogP contribution in [0.3, 0.4) is 0 Å². The molecule has 0 aliphatic heterocycles. The van der Waals surface area contributed by atoms with E-state index in [1.807, 2.05) is 0 Å². The smallest absolute Gasteiger partial charge is 0.104 e. The van der Waals surface area contributed by atoms with Crippen LogP contribution in [0.4, 0.5) is 0 Å². The van der Waals surface area contributed by atoms with Gasteiger partial charge in [-0.15, -0.1) is 0 Å². The van der Waals surface area contributed by atoms with Gasteiger partial charge in [0.15, 0.2) is 0 Å². The van der Waals surface area contributed by atoms with Crippen LogP contribution >= 0.6 is 0 Å². The van der Waals surface area contributed by atoms with E-state index in [-0.39, 0.29) is 0 Å². The molecule has 0 heterocycles. The number of rotatable bonds is 0. The van der Waals surface area contributed by atoms with Crippen molar-refractivity contribution in [2.45, 2.75) is 38.5 Å². The Morgan fingerprint density at radius 1 is 0.750 bits per heavy atom. The summed E-state index contributed by atoms with van der Waals surface area (Å²) in [5, 5.41) is 23.5. The van der Waals surface area contributed by atoms with Crippen LogP contribution in [0.5, 0.6) is 0 Å². The molecule has 0 spiro atoms. The van der Waals surface area contributed by atoms with E-state index in [0.29, 0.717) is 11.4 Å². The maximum atomic E-state index is 8.61. The summed E-state index contributed by atoms with van der Waals surface area (Å²) in [6.45, 7) is 0. The fourth-order valence-corrected chi connectivity index (χ4v) is 1.44. The molecule has 0 saturated heterocycles. The van der Waals surface area contributed by atoms with E-state index >= 15 is 0 Å². The van der Waals surface area contributed by atoms with Crippen molar-refractivity contribution in [3.8, 4) is 0 Å². The highest BCUT2D eigenvalue weighted by Crippen LogP contribution is 2.13. The summed E-state index contributed by atoms with van der Waals surface area (Å²) in [6, 6.07) is 0. The number of nitrogens with zero attached hydrogens (tertiary/aromatic N) is 2. The standard InChI is InChI=1S/C8H14N2O2/c11-9-7-5-3-1-2-4-6-8(7)10-12/h11-12H,1-6H2. The Labute approximate surface area is 71.6 Å². The molecular formula is C8H14N2O2. The molecule has 4 nitrogen and oxygen atoms in total. The molecule has 2 N–H and O–H groups in total. The first-order valence-electron chi connectivity index (χ1n) is 4.30. The second-order valence-corrected chi connectivity index (χ2v) is 3.01. The summed E-state index contributed by atoms with van der Waals surface area (Å²) in [5.74, 6) is 0. The van der Waals surface area contributed by atoms with Crippen molar-refractivity contribution in [3.63, 3.8) is 0 Å². The first-order valence-corrected chi connectivity index (χ1v) is 4.30. The third-order valence-electron chi connectivity index (χ3n) is 2.15. The van der Waals surface area contributed by atoms with Crippen LogP contribution < -0.4 is 0 Å². The Bertz CT molecular complexity index is 177. The molecule has 0 bridgehead atoms. The van der Waals surface area contributed by atoms with Crippen molar-refractivity contribution in [2.75, 3.05) is 0 Å². The van der Waals surface area contributed by atoms with E-state index in [9.17, 15) is 0 Å². The molecule has 4 heteroatoms. The Balaban J connectivity index is 2.65. The lowest BCUT2D eigenvalue weighted by Gasteiger charge is -2.10. The number of hydrogen-bond donors (Lipinski definition) is 2. The fourth-order valence-electron chi connectivity index (χ4n) is 1.44. The van der Waals surface area contributed by atoms with Crippen LogP contribution in [-0.4, -0.2) is 21.8 Å². The number of oxime groups is 2. The fraction of sp³-hybridized carbons (Fsp3) is 0.750. The summed E-state index contributed by atoms with van der Waals surface area (Å²) in [7, 11) is 0. The summed E-state index contributed by atoms with van der Waals surface area (Å²) in [6.07, 6.45) is 5.79. The minimum atomic E-state index is 0.539. The van der Waals surface area contributed by atoms with Crippen molar-refractivity contribution >= 4 is 11.4 Å². The maximum Gasteiger partial charge on any atom is 0.104 e. The van der Waals surface area contributed by atoms with Crippen LogP contribution in [0.1, 0.15) is 38.5 Å². The van der Waals surface area contributed by atoms with Crippen LogP contribution in [0.25, 0.3) is 0 Å². The van der Waals surface area contributed by atoms with Crippen molar-refractivity contribution in [1.29, 1.82) is 0 Å². The van der Waals surface area contributed by atoms with E-state index in [2.05, 4.69) is 10.3 Å². The second-order valence-electron chi connectivity index (χ2n) is 3.01. The Kier molecular flexibility index (Phi) is 3.57. The number of hydrogen-bond acceptors (Lipinski definition) is 4. The van der Waals surface area contributed by atoms with Gasteiger partial charge in [-0.2, -0.15) is 0 Å². The molecule has 0 aromatic rings. The van der Waals surface area contributed by atoms with E-state index in [0.717, 1.165) is 38.5 Å². The van der Waals surface area contributed by atoms with Gasteiger partial charge in [0.2, 0.25) is 0 Å². The van der Waals surface area contributed by atoms with Gasteiger partial charge in [-0.3, -0.25) is 0 Å². The van der Waals surface area contributed by atoms with Gasteiger partial charge in [0, 0.05) is 0 Å². The summed E-state index contributed by atoms with van der Waals surface area (Å²) in [4.78, 5) is 0. The molecule has 1 rings (SSSR count). The molecular weight excluding hydrogens is 156 g/mol. The topological polar surface area (TPSA) is 65.2 Å².